The molecule has 1 aliphatic heterocycles. The molecule has 0 radical (unpaired) electrons. The predicted molar refractivity (Wildman–Crippen MR) is 220 cm³/mol. The van der Waals surface area contributed by atoms with Crippen LogP contribution in [0.2, 0.25) is 0 Å². The van der Waals surface area contributed by atoms with Gasteiger partial charge in [0.15, 0.2) is 0 Å². The number of hydrogen-bond acceptors (Lipinski definition) is 12. The van der Waals surface area contributed by atoms with Gasteiger partial charge in [0.1, 0.15) is 23.9 Å². The van der Waals surface area contributed by atoms with E-state index >= 15 is 0 Å². The number of rotatable bonds is 20. The average Bonchev–Trinajstić information content (AvgIpc) is 3.19. The van der Waals surface area contributed by atoms with Crippen molar-refractivity contribution in [1.82, 2.24) is 26.6 Å². The SMILES string of the molecule is Cc1ccc2cc1C[C@@H](C(=O)N[C@H](CCCN)C(=O)NCCCC[C@H](N)C(=O)NC[C@@H](N)CCCN)NC(=O)[C@H](CCCN)NC(=O)[C@@H](N)Cc1cc-2ccc1O. The Morgan fingerprint density at radius 2 is 1.46 bits per heavy atom. The van der Waals surface area contributed by atoms with Crippen molar-refractivity contribution in [2.75, 3.05) is 32.7 Å². The molecule has 2 aromatic rings. The van der Waals surface area contributed by atoms with E-state index < -0.39 is 53.8 Å². The molecule has 0 aromatic heterocycles. The number of amides is 5. The van der Waals surface area contributed by atoms with Crippen LogP contribution in [0.25, 0.3) is 11.1 Å². The normalized spacial score (nSPS) is 18.8. The maximum atomic E-state index is 14.1. The van der Waals surface area contributed by atoms with E-state index in [1.54, 1.807) is 18.2 Å². The van der Waals surface area contributed by atoms with Gasteiger partial charge in [-0.3, -0.25) is 24.0 Å². The van der Waals surface area contributed by atoms with Crippen LogP contribution >= 0.6 is 0 Å². The third-order valence-electron chi connectivity index (χ3n) is 10.2. The zero-order valence-corrected chi connectivity index (χ0v) is 33.2. The fourth-order valence-electron chi connectivity index (χ4n) is 6.56. The van der Waals surface area contributed by atoms with Crippen molar-refractivity contribution in [3.63, 3.8) is 0 Å². The van der Waals surface area contributed by atoms with Gasteiger partial charge < -0.3 is 66.1 Å². The van der Waals surface area contributed by atoms with Gasteiger partial charge >= 0.3 is 0 Å². The molecule has 0 saturated carbocycles. The summed E-state index contributed by atoms with van der Waals surface area (Å²) < 4.78 is 0. The van der Waals surface area contributed by atoms with Crippen molar-refractivity contribution in [3.8, 4) is 16.9 Å². The number of hydrogen-bond donors (Lipinski definition) is 12. The lowest BCUT2D eigenvalue weighted by atomic mass is 9.93. The Hall–Kier alpha value is -4.65. The first-order chi connectivity index (χ1) is 27.3. The van der Waals surface area contributed by atoms with Crippen LogP contribution < -0.4 is 61.0 Å². The Bertz CT molecular complexity index is 1640. The fourth-order valence-corrected chi connectivity index (χ4v) is 6.56. The zero-order chi connectivity index (χ0) is 41.9. The molecule has 18 N–H and O–H groups in total. The lowest BCUT2D eigenvalue weighted by Gasteiger charge is -2.26. The molecule has 2 aromatic carbocycles. The van der Waals surface area contributed by atoms with Crippen LogP contribution in [0.3, 0.4) is 0 Å². The summed E-state index contributed by atoms with van der Waals surface area (Å²) in [5, 5.41) is 24.6. The number of nitrogens with two attached hydrogens (primary N) is 6. The summed E-state index contributed by atoms with van der Waals surface area (Å²) in [7, 11) is 0. The van der Waals surface area contributed by atoms with Crippen molar-refractivity contribution < 1.29 is 29.1 Å². The zero-order valence-electron chi connectivity index (χ0n) is 33.2. The highest BCUT2D eigenvalue weighted by Crippen LogP contribution is 2.29. The molecule has 57 heavy (non-hydrogen) atoms. The third kappa shape index (κ3) is 15.3. The molecular weight excluding hydrogens is 731 g/mol. The van der Waals surface area contributed by atoms with Crippen LogP contribution in [-0.4, -0.2) is 104 Å². The van der Waals surface area contributed by atoms with Crippen LogP contribution in [-0.2, 0) is 36.8 Å². The number of phenolic OH excluding ortho intramolecular Hbond substituents is 1. The van der Waals surface area contributed by atoms with E-state index in [1.807, 2.05) is 25.1 Å². The van der Waals surface area contributed by atoms with Crippen LogP contribution in [0.15, 0.2) is 36.4 Å². The highest BCUT2D eigenvalue weighted by atomic mass is 16.3. The highest BCUT2D eigenvalue weighted by Gasteiger charge is 2.31. The first kappa shape index (κ1) is 46.7. The summed E-state index contributed by atoms with van der Waals surface area (Å²) in [5.74, 6) is -2.53. The Morgan fingerprint density at radius 1 is 0.789 bits per heavy atom. The van der Waals surface area contributed by atoms with E-state index in [0.717, 1.165) is 28.7 Å². The van der Waals surface area contributed by atoms with E-state index in [-0.39, 0.29) is 63.0 Å². The van der Waals surface area contributed by atoms with Gasteiger partial charge in [-0.2, -0.15) is 0 Å². The summed E-state index contributed by atoms with van der Waals surface area (Å²) >= 11 is 0. The molecule has 6 atom stereocenters. The second kappa shape index (κ2) is 24.2. The van der Waals surface area contributed by atoms with Gasteiger partial charge in [0, 0.05) is 32.0 Å². The second-order valence-electron chi connectivity index (χ2n) is 14.9. The minimum atomic E-state index is -1.14. The smallest absolute Gasteiger partial charge is 0.243 e. The number of aryl methyl sites for hydroxylation is 1. The summed E-state index contributed by atoms with van der Waals surface area (Å²) in [6, 6.07) is 5.63. The third-order valence-corrected chi connectivity index (χ3v) is 10.2. The fraction of sp³-hybridized carbons (Fsp3) is 0.575. The number of carbonyl (C=O) groups excluding carboxylic acids is 5. The molecule has 0 fully saturated rings. The van der Waals surface area contributed by atoms with E-state index in [4.69, 9.17) is 34.4 Å². The highest BCUT2D eigenvalue weighted by molar-refractivity contribution is 5.95. The summed E-state index contributed by atoms with van der Waals surface area (Å²) in [4.78, 5) is 67.1. The minimum absolute atomic E-state index is 0.0129. The van der Waals surface area contributed by atoms with Crippen LogP contribution in [0.4, 0.5) is 0 Å². The van der Waals surface area contributed by atoms with Crippen molar-refractivity contribution in [1.29, 1.82) is 0 Å². The quantitative estimate of drug-likeness (QED) is 0.0684. The number of aromatic hydroxyl groups is 1. The molecule has 17 heteroatoms. The standard InChI is InChI=1S/C40H65N11O6/c1-24-11-12-25-19-27(24)22-34(51-39(56)33(10-6-17-43)49-37(54)31(46)21-28-20-26(25)13-14-35(28)52)40(57)50-32(9-5-16-42)38(55)47-18-3-2-8-30(45)36(53)48-23-29(44)7-4-15-41/h11-14,19-20,29-34,52H,2-10,15-18,21-23,41-46H2,1H3,(H,47,55)(H,48,53)(H,49,54)(H,50,57)(H,51,56)/t29-,30-,31-,32+,33-,34-/m0/s1. The minimum Gasteiger partial charge on any atom is -0.508 e. The van der Waals surface area contributed by atoms with Gasteiger partial charge in [-0.05, 0) is 124 Å². The van der Waals surface area contributed by atoms with E-state index in [1.165, 1.54) is 0 Å². The van der Waals surface area contributed by atoms with Gasteiger partial charge in [-0.25, -0.2) is 0 Å². The van der Waals surface area contributed by atoms with Gasteiger partial charge in [0.05, 0.1) is 12.1 Å². The molecule has 3 rings (SSSR count). The molecular formula is C40H65N11O6. The summed E-state index contributed by atoms with van der Waals surface area (Å²) in [5.41, 5.74) is 39.0. The molecule has 1 aliphatic rings. The Balaban J connectivity index is 1.77. The van der Waals surface area contributed by atoms with Gasteiger partial charge in [-0.1, -0.05) is 24.3 Å². The largest absolute Gasteiger partial charge is 0.508 e. The Labute approximate surface area is 335 Å². The molecule has 0 saturated heterocycles. The molecule has 0 aliphatic carbocycles. The number of phenols is 1. The maximum absolute atomic E-state index is 14.1. The van der Waals surface area contributed by atoms with Gasteiger partial charge in [0.25, 0.3) is 0 Å². The van der Waals surface area contributed by atoms with Crippen LogP contribution in [0, 0.1) is 6.92 Å². The van der Waals surface area contributed by atoms with Crippen LogP contribution in [0.1, 0.15) is 74.5 Å². The lowest BCUT2D eigenvalue weighted by Crippen LogP contribution is -2.58. The average molecular weight is 796 g/mol. The van der Waals surface area contributed by atoms with Crippen molar-refractivity contribution in [3.05, 3.63) is 53.1 Å². The number of unbranched alkanes of at least 4 members (excludes halogenated alkanes) is 1. The first-order valence-electron chi connectivity index (χ1n) is 20.0. The first-order valence-corrected chi connectivity index (χ1v) is 20.0. The molecule has 0 unspecified atom stereocenters. The summed E-state index contributed by atoms with van der Waals surface area (Å²) in [6.07, 6.45) is 4.35. The summed E-state index contributed by atoms with van der Waals surface area (Å²) in [6.45, 7) is 3.56. The number of nitrogens with one attached hydrogen (secondary N) is 5. The van der Waals surface area contributed by atoms with Crippen LogP contribution in [0.5, 0.6) is 5.75 Å². The van der Waals surface area contributed by atoms with E-state index in [2.05, 4.69) is 26.6 Å². The molecule has 5 amide bonds. The van der Waals surface area contributed by atoms with Crippen molar-refractivity contribution >= 4 is 29.5 Å². The topological polar surface area (TPSA) is 322 Å². The maximum Gasteiger partial charge on any atom is 0.243 e. The van der Waals surface area contributed by atoms with Gasteiger partial charge in [0.2, 0.25) is 29.5 Å². The number of benzene rings is 2. The van der Waals surface area contributed by atoms with E-state index in [0.29, 0.717) is 57.2 Å². The molecule has 17 nitrogen and oxygen atoms in total. The lowest BCUT2D eigenvalue weighted by molar-refractivity contribution is -0.134. The van der Waals surface area contributed by atoms with Crippen molar-refractivity contribution in [2.45, 2.75) is 114 Å². The van der Waals surface area contributed by atoms with Crippen molar-refractivity contribution in [2.24, 2.45) is 34.4 Å². The number of carbonyl (C=O) groups is 5. The number of fused-ring (bicyclic) bond motifs is 5. The molecule has 316 valence electrons. The molecule has 4 bridgehead atoms. The monoisotopic (exact) mass is 796 g/mol. The van der Waals surface area contributed by atoms with Gasteiger partial charge in [-0.15, -0.1) is 0 Å². The Kier molecular flexibility index (Phi) is 19.8. The molecule has 0 spiro atoms. The molecule has 1 heterocycles. The second-order valence-corrected chi connectivity index (χ2v) is 14.9. The predicted octanol–water partition coefficient (Wildman–Crippen LogP) is -1.48. The Morgan fingerprint density at radius 3 is 2.16 bits per heavy atom. The van der Waals surface area contributed by atoms with E-state index in [9.17, 15) is 29.1 Å².